The number of carboxylic acids is 1. The highest BCUT2D eigenvalue weighted by molar-refractivity contribution is 9.09. The second kappa shape index (κ2) is 8.47. The van der Waals surface area contributed by atoms with Crippen molar-refractivity contribution in [1.82, 2.24) is 0 Å². The minimum atomic E-state index is -0.903. The summed E-state index contributed by atoms with van der Waals surface area (Å²) in [4.78, 5) is 21.3. The molecule has 0 aliphatic heterocycles. The van der Waals surface area contributed by atoms with Crippen LogP contribution in [0.15, 0.2) is 11.6 Å². The Balaban J connectivity index is 3.68. The van der Waals surface area contributed by atoms with Gasteiger partial charge >= 0.3 is 11.9 Å². The standard InChI is InChI=1S/C10H15BrO4/c1-15-9(12)6-4-2-3-5-8(7-11)10(13)14/h5H,2-4,6-7H2,1H3,(H,13,14)/b8-5+. The molecular formula is C10H15BrO4. The second-order valence-corrected chi connectivity index (χ2v) is 3.55. The molecule has 0 aliphatic carbocycles. The number of carbonyl (C=O) groups excluding carboxylic acids is 1. The van der Waals surface area contributed by atoms with Crippen molar-refractivity contribution in [3.63, 3.8) is 0 Å². The van der Waals surface area contributed by atoms with Gasteiger partial charge in [-0.1, -0.05) is 22.0 Å². The van der Waals surface area contributed by atoms with Gasteiger partial charge in [0.05, 0.1) is 7.11 Å². The van der Waals surface area contributed by atoms with Gasteiger partial charge in [0.25, 0.3) is 0 Å². The molecule has 1 N–H and O–H groups in total. The number of ether oxygens (including phenoxy) is 1. The fourth-order valence-corrected chi connectivity index (χ4v) is 1.46. The van der Waals surface area contributed by atoms with E-state index in [9.17, 15) is 9.59 Å². The summed E-state index contributed by atoms with van der Waals surface area (Å²) in [7, 11) is 1.36. The lowest BCUT2D eigenvalue weighted by atomic mass is 10.1. The average molecular weight is 279 g/mol. The van der Waals surface area contributed by atoms with Gasteiger partial charge in [0.15, 0.2) is 0 Å². The molecule has 15 heavy (non-hydrogen) atoms. The fraction of sp³-hybridized carbons (Fsp3) is 0.600. The largest absolute Gasteiger partial charge is 0.478 e. The highest BCUT2D eigenvalue weighted by Gasteiger charge is 2.04. The predicted octanol–water partition coefficient (Wildman–Crippen LogP) is 2.13. The molecule has 0 fully saturated rings. The van der Waals surface area contributed by atoms with Crippen molar-refractivity contribution >= 4 is 27.9 Å². The van der Waals surface area contributed by atoms with Crippen LogP contribution in [0.4, 0.5) is 0 Å². The molecule has 0 aliphatic rings. The number of carboxylic acid groups (broad SMARTS) is 1. The number of methoxy groups -OCH3 is 1. The highest BCUT2D eigenvalue weighted by Crippen LogP contribution is 2.06. The van der Waals surface area contributed by atoms with E-state index in [1.54, 1.807) is 6.08 Å². The van der Waals surface area contributed by atoms with Crippen LogP contribution in [-0.4, -0.2) is 29.5 Å². The molecule has 0 bridgehead atoms. The lowest BCUT2D eigenvalue weighted by Gasteiger charge is -1.99. The molecule has 0 radical (unpaired) electrons. The molecule has 0 saturated heterocycles. The quantitative estimate of drug-likeness (QED) is 0.335. The van der Waals surface area contributed by atoms with E-state index in [0.717, 1.165) is 12.8 Å². The summed E-state index contributed by atoms with van der Waals surface area (Å²) in [5.41, 5.74) is 0.355. The van der Waals surface area contributed by atoms with E-state index >= 15 is 0 Å². The average Bonchev–Trinajstić information content (AvgIpc) is 2.22. The van der Waals surface area contributed by atoms with E-state index in [2.05, 4.69) is 20.7 Å². The van der Waals surface area contributed by atoms with Gasteiger partial charge in [-0.05, 0) is 19.3 Å². The minimum Gasteiger partial charge on any atom is -0.478 e. The van der Waals surface area contributed by atoms with Gasteiger partial charge in [-0.2, -0.15) is 0 Å². The van der Waals surface area contributed by atoms with Crippen molar-refractivity contribution in [2.24, 2.45) is 0 Å². The number of carbonyl (C=O) groups is 2. The number of rotatable bonds is 7. The topological polar surface area (TPSA) is 63.6 Å². The molecule has 86 valence electrons. The number of hydrogen-bond acceptors (Lipinski definition) is 3. The molecule has 0 amide bonds. The molecule has 0 spiro atoms. The molecule has 5 heteroatoms. The number of esters is 1. The fourth-order valence-electron chi connectivity index (χ4n) is 0.991. The normalized spacial score (nSPS) is 11.2. The SMILES string of the molecule is COC(=O)CCCC/C=C(\CBr)C(=O)O. The van der Waals surface area contributed by atoms with Crippen LogP contribution >= 0.6 is 15.9 Å². The van der Waals surface area contributed by atoms with Crippen LogP contribution in [0, 0.1) is 0 Å². The monoisotopic (exact) mass is 278 g/mol. The Morgan fingerprint density at radius 2 is 2.07 bits per heavy atom. The van der Waals surface area contributed by atoms with E-state index in [4.69, 9.17) is 5.11 Å². The van der Waals surface area contributed by atoms with Crippen molar-refractivity contribution in [3.8, 4) is 0 Å². The highest BCUT2D eigenvalue weighted by atomic mass is 79.9. The zero-order chi connectivity index (χ0) is 11.7. The van der Waals surface area contributed by atoms with Crippen molar-refractivity contribution in [1.29, 1.82) is 0 Å². The molecule has 0 saturated carbocycles. The van der Waals surface area contributed by atoms with Gasteiger partial charge in [-0.3, -0.25) is 4.79 Å². The first kappa shape index (κ1) is 14.2. The maximum atomic E-state index is 10.7. The molecular weight excluding hydrogens is 264 g/mol. The summed E-state index contributed by atoms with van der Waals surface area (Å²) in [6, 6.07) is 0. The third kappa shape index (κ3) is 7.13. The van der Waals surface area contributed by atoms with Crippen molar-refractivity contribution in [2.45, 2.75) is 25.7 Å². The van der Waals surface area contributed by atoms with Gasteiger partial charge < -0.3 is 9.84 Å². The molecule has 0 unspecified atom stereocenters. The Hall–Kier alpha value is -0.840. The number of alkyl halides is 1. The summed E-state index contributed by atoms with van der Waals surface area (Å²) < 4.78 is 4.48. The maximum Gasteiger partial charge on any atom is 0.332 e. The van der Waals surface area contributed by atoms with Crippen LogP contribution in [0.1, 0.15) is 25.7 Å². The number of aliphatic carboxylic acids is 1. The molecule has 0 aromatic carbocycles. The zero-order valence-corrected chi connectivity index (χ0v) is 10.2. The summed E-state index contributed by atoms with van der Waals surface area (Å²) >= 11 is 3.10. The lowest BCUT2D eigenvalue weighted by molar-refractivity contribution is -0.140. The molecule has 0 aromatic rings. The number of hydrogen-bond donors (Lipinski definition) is 1. The molecule has 0 heterocycles. The molecule has 4 nitrogen and oxygen atoms in total. The van der Waals surface area contributed by atoms with Crippen molar-refractivity contribution < 1.29 is 19.4 Å². The Labute approximate surface area is 97.4 Å². The van der Waals surface area contributed by atoms with Crippen LogP contribution in [0.2, 0.25) is 0 Å². The first-order chi connectivity index (χ1) is 7.11. The summed E-state index contributed by atoms with van der Waals surface area (Å²) in [5, 5.41) is 9.03. The van der Waals surface area contributed by atoms with E-state index in [1.165, 1.54) is 7.11 Å². The molecule has 0 rings (SSSR count). The van der Waals surface area contributed by atoms with Crippen LogP contribution < -0.4 is 0 Å². The molecule has 0 aromatic heterocycles. The Bertz CT molecular complexity index is 248. The number of allylic oxidation sites excluding steroid dienone is 1. The van der Waals surface area contributed by atoms with Crippen molar-refractivity contribution in [2.75, 3.05) is 12.4 Å². The van der Waals surface area contributed by atoms with Gasteiger partial charge in [-0.15, -0.1) is 0 Å². The van der Waals surface area contributed by atoms with Crippen LogP contribution in [0.25, 0.3) is 0 Å². The van der Waals surface area contributed by atoms with Crippen LogP contribution in [0.5, 0.6) is 0 Å². The smallest absolute Gasteiger partial charge is 0.332 e. The minimum absolute atomic E-state index is 0.224. The van der Waals surface area contributed by atoms with Crippen LogP contribution in [-0.2, 0) is 14.3 Å². The number of halogens is 1. The third-order valence-electron chi connectivity index (χ3n) is 1.87. The number of unbranched alkanes of at least 4 members (excludes halogenated alkanes) is 2. The first-order valence-electron chi connectivity index (χ1n) is 4.67. The predicted molar refractivity (Wildman–Crippen MR) is 60.0 cm³/mol. The summed E-state index contributed by atoms with van der Waals surface area (Å²) in [5.74, 6) is -1.13. The Morgan fingerprint density at radius 3 is 2.53 bits per heavy atom. The van der Waals surface area contributed by atoms with E-state index in [1.807, 2.05) is 0 Å². The third-order valence-corrected chi connectivity index (χ3v) is 2.48. The molecule has 0 atom stereocenters. The van der Waals surface area contributed by atoms with Gasteiger partial charge in [0.2, 0.25) is 0 Å². The summed E-state index contributed by atoms with van der Waals surface area (Å²) in [6.07, 6.45) is 4.25. The van der Waals surface area contributed by atoms with E-state index < -0.39 is 5.97 Å². The Morgan fingerprint density at radius 1 is 1.40 bits per heavy atom. The van der Waals surface area contributed by atoms with Gasteiger partial charge in [-0.25, -0.2) is 4.79 Å². The first-order valence-corrected chi connectivity index (χ1v) is 5.79. The Kier molecular flexibility index (Phi) is 7.99. The van der Waals surface area contributed by atoms with Crippen molar-refractivity contribution in [3.05, 3.63) is 11.6 Å². The van der Waals surface area contributed by atoms with Gasteiger partial charge in [0, 0.05) is 17.3 Å². The summed E-state index contributed by atoms with van der Waals surface area (Å²) in [6.45, 7) is 0. The van der Waals surface area contributed by atoms with Gasteiger partial charge in [0.1, 0.15) is 0 Å². The second-order valence-electron chi connectivity index (χ2n) is 2.99. The van der Waals surface area contributed by atoms with E-state index in [0.29, 0.717) is 23.7 Å². The maximum absolute atomic E-state index is 10.7. The van der Waals surface area contributed by atoms with E-state index in [-0.39, 0.29) is 5.97 Å². The zero-order valence-electron chi connectivity index (χ0n) is 8.66. The van der Waals surface area contributed by atoms with Crippen LogP contribution in [0.3, 0.4) is 0 Å². The lowest BCUT2D eigenvalue weighted by Crippen LogP contribution is -2.01.